The van der Waals surface area contributed by atoms with Crippen molar-refractivity contribution in [2.75, 3.05) is 31.6 Å². The summed E-state index contributed by atoms with van der Waals surface area (Å²) in [7, 11) is 1.72. The fourth-order valence-electron chi connectivity index (χ4n) is 3.74. The molecule has 1 aliphatic rings. The highest BCUT2D eigenvalue weighted by Gasteiger charge is 2.19. The largest absolute Gasteiger partial charge is 0.491 e. The summed E-state index contributed by atoms with van der Waals surface area (Å²) in [5.74, 6) is 0.490. The SMILES string of the molecule is C=N/C=C\C=C(/C)C(=O)N(C)c1cccc(OCC(O)CN2CCc3ccccc3C2)c1. The van der Waals surface area contributed by atoms with E-state index in [0.29, 0.717) is 23.6 Å². The number of hydrogen-bond donors (Lipinski definition) is 1. The summed E-state index contributed by atoms with van der Waals surface area (Å²) < 4.78 is 5.83. The molecule has 0 spiro atoms. The molecule has 1 atom stereocenters. The van der Waals surface area contributed by atoms with Gasteiger partial charge < -0.3 is 14.7 Å². The van der Waals surface area contributed by atoms with Crippen LogP contribution in [0.4, 0.5) is 5.69 Å². The van der Waals surface area contributed by atoms with Gasteiger partial charge in [0, 0.05) is 50.2 Å². The highest BCUT2D eigenvalue weighted by molar-refractivity contribution is 6.05. The van der Waals surface area contributed by atoms with Gasteiger partial charge in [-0.2, -0.15) is 0 Å². The van der Waals surface area contributed by atoms with Gasteiger partial charge in [-0.1, -0.05) is 36.4 Å². The molecule has 1 unspecified atom stereocenters. The van der Waals surface area contributed by atoms with Crippen LogP contribution in [0.2, 0.25) is 0 Å². The first-order valence-corrected chi connectivity index (χ1v) is 10.8. The second kappa shape index (κ2) is 11.4. The average molecular weight is 434 g/mol. The Morgan fingerprint density at radius 2 is 2.06 bits per heavy atom. The van der Waals surface area contributed by atoms with Crippen molar-refractivity contribution in [2.24, 2.45) is 4.99 Å². The Kier molecular flexibility index (Phi) is 8.36. The van der Waals surface area contributed by atoms with Crippen LogP contribution < -0.4 is 9.64 Å². The first kappa shape index (κ1) is 23.4. The number of hydrogen-bond acceptors (Lipinski definition) is 5. The molecule has 2 aromatic carbocycles. The van der Waals surface area contributed by atoms with Crippen molar-refractivity contribution in [3.05, 3.63) is 83.6 Å². The molecule has 1 heterocycles. The molecule has 32 heavy (non-hydrogen) atoms. The molecule has 6 heteroatoms. The summed E-state index contributed by atoms with van der Waals surface area (Å²) in [5, 5.41) is 10.5. The average Bonchev–Trinajstić information content (AvgIpc) is 2.82. The van der Waals surface area contributed by atoms with Gasteiger partial charge in [0.05, 0.1) is 0 Å². The van der Waals surface area contributed by atoms with Gasteiger partial charge in [-0.3, -0.25) is 14.7 Å². The summed E-state index contributed by atoms with van der Waals surface area (Å²) in [6.45, 7) is 7.65. The molecule has 0 saturated carbocycles. The van der Waals surface area contributed by atoms with Gasteiger partial charge in [0.1, 0.15) is 18.5 Å². The first-order chi connectivity index (χ1) is 15.5. The highest BCUT2D eigenvalue weighted by Crippen LogP contribution is 2.22. The zero-order valence-corrected chi connectivity index (χ0v) is 18.8. The summed E-state index contributed by atoms with van der Waals surface area (Å²) >= 11 is 0. The number of amides is 1. The topological polar surface area (TPSA) is 65.4 Å². The fourth-order valence-corrected chi connectivity index (χ4v) is 3.74. The predicted molar refractivity (Wildman–Crippen MR) is 129 cm³/mol. The van der Waals surface area contributed by atoms with Crippen molar-refractivity contribution in [1.82, 2.24) is 4.90 Å². The van der Waals surface area contributed by atoms with Gasteiger partial charge in [0.2, 0.25) is 0 Å². The molecule has 1 N–H and O–H groups in total. The number of aliphatic hydroxyl groups is 1. The predicted octanol–water partition coefficient (Wildman–Crippen LogP) is 3.61. The van der Waals surface area contributed by atoms with Crippen LogP contribution in [0.15, 0.2) is 77.4 Å². The molecule has 0 radical (unpaired) electrons. The molecule has 1 amide bonds. The summed E-state index contributed by atoms with van der Waals surface area (Å²) in [6, 6.07) is 15.8. The Labute approximate surface area is 190 Å². The molecule has 3 rings (SSSR count). The van der Waals surface area contributed by atoms with E-state index in [-0.39, 0.29) is 12.5 Å². The number of ether oxygens (including phenoxy) is 1. The second-order valence-electron chi connectivity index (χ2n) is 7.95. The molecular formula is C26H31N3O3. The standard InChI is InChI=1S/C26H31N3O3/c1-20(8-7-14-27-2)26(31)28(3)23-11-6-12-25(16-23)32-19-24(30)18-29-15-13-21-9-4-5-10-22(21)17-29/h4-12,14,16,24,30H,2,13,15,17-19H2,1,3H3/b14-7-,20-8+. The number of anilines is 1. The number of nitrogens with zero attached hydrogens (tertiary/aromatic N) is 3. The van der Waals surface area contributed by atoms with E-state index in [1.54, 1.807) is 37.1 Å². The minimum atomic E-state index is -0.598. The molecule has 0 aliphatic carbocycles. The van der Waals surface area contributed by atoms with Crippen LogP contribution in [0.1, 0.15) is 18.1 Å². The minimum absolute atomic E-state index is 0.124. The van der Waals surface area contributed by atoms with E-state index in [9.17, 15) is 9.90 Å². The quantitative estimate of drug-likeness (QED) is 0.373. The maximum absolute atomic E-state index is 12.6. The van der Waals surface area contributed by atoms with Gasteiger partial charge in [0.25, 0.3) is 5.91 Å². The number of rotatable bonds is 9. The summed E-state index contributed by atoms with van der Waals surface area (Å²) in [5.41, 5.74) is 4.02. The lowest BCUT2D eigenvalue weighted by atomic mass is 10.00. The van der Waals surface area contributed by atoms with E-state index < -0.39 is 6.10 Å². The number of β-amino-alcohol motifs (C(OH)–C–C–N with tert-alkyl or cyclic N) is 1. The number of aliphatic hydroxyl groups excluding tert-OH is 1. The van der Waals surface area contributed by atoms with Crippen molar-refractivity contribution in [3.8, 4) is 5.75 Å². The molecule has 0 fully saturated rings. The third-order valence-electron chi connectivity index (χ3n) is 5.51. The van der Waals surface area contributed by atoms with Gasteiger partial charge in [0.15, 0.2) is 0 Å². The Bertz CT molecular complexity index is 999. The lowest BCUT2D eigenvalue weighted by molar-refractivity contribution is -0.114. The number of aliphatic imine (C=N–C) groups is 1. The fraction of sp³-hybridized carbons (Fsp3) is 0.308. The molecule has 2 aromatic rings. The molecule has 6 nitrogen and oxygen atoms in total. The van der Waals surface area contributed by atoms with E-state index in [1.165, 1.54) is 17.3 Å². The number of carbonyl (C=O) groups is 1. The van der Waals surface area contributed by atoms with Crippen LogP contribution in [0.5, 0.6) is 5.75 Å². The Balaban J connectivity index is 1.53. The lowest BCUT2D eigenvalue weighted by Crippen LogP contribution is -2.38. The van der Waals surface area contributed by atoms with E-state index >= 15 is 0 Å². The third-order valence-corrected chi connectivity index (χ3v) is 5.51. The van der Waals surface area contributed by atoms with Gasteiger partial charge >= 0.3 is 0 Å². The van der Waals surface area contributed by atoms with Crippen molar-refractivity contribution < 1.29 is 14.6 Å². The van der Waals surface area contributed by atoms with Crippen LogP contribution in [0.3, 0.4) is 0 Å². The molecular weight excluding hydrogens is 402 g/mol. The molecule has 0 bridgehead atoms. The third kappa shape index (κ3) is 6.39. The normalized spacial score (nSPS) is 15.3. The highest BCUT2D eigenvalue weighted by atomic mass is 16.5. The number of benzene rings is 2. The number of fused-ring (bicyclic) bond motifs is 1. The Hall–Kier alpha value is -3.22. The van der Waals surface area contributed by atoms with E-state index in [4.69, 9.17) is 4.74 Å². The number of likely N-dealkylation sites (N-methyl/N-ethyl adjacent to an activating group) is 1. The van der Waals surface area contributed by atoms with Crippen LogP contribution in [0, 0.1) is 0 Å². The lowest BCUT2D eigenvalue weighted by Gasteiger charge is -2.30. The zero-order valence-electron chi connectivity index (χ0n) is 18.8. The maximum atomic E-state index is 12.6. The minimum Gasteiger partial charge on any atom is -0.491 e. The van der Waals surface area contributed by atoms with Crippen molar-refractivity contribution >= 4 is 18.3 Å². The second-order valence-corrected chi connectivity index (χ2v) is 7.95. The van der Waals surface area contributed by atoms with E-state index in [1.807, 2.05) is 18.2 Å². The van der Waals surface area contributed by atoms with Crippen molar-refractivity contribution in [3.63, 3.8) is 0 Å². The van der Waals surface area contributed by atoms with E-state index in [2.05, 4.69) is 40.9 Å². The number of carbonyl (C=O) groups excluding carboxylic acids is 1. The first-order valence-electron chi connectivity index (χ1n) is 10.8. The summed E-state index contributed by atoms with van der Waals surface area (Å²) in [6.07, 6.45) is 5.30. The molecule has 1 aliphatic heterocycles. The van der Waals surface area contributed by atoms with Gasteiger partial charge in [-0.25, -0.2) is 0 Å². The Morgan fingerprint density at radius 1 is 1.28 bits per heavy atom. The van der Waals surface area contributed by atoms with Crippen LogP contribution >= 0.6 is 0 Å². The van der Waals surface area contributed by atoms with Gasteiger partial charge in [-0.05, 0) is 49.4 Å². The maximum Gasteiger partial charge on any atom is 0.253 e. The van der Waals surface area contributed by atoms with Crippen molar-refractivity contribution in [2.45, 2.75) is 26.0 Å². The number of allylic oxidation sites excluding steroid dienone is 2. The smallest absolute Gasteiger partial charge is 0.253 e. The zero-order chi connectivity index (χ0) is 22.9. The van der Waals surface area contributed by atoms with Crippen LogP contribution in [-0.2, 0) is 17.8 Å². The molecule has 0 saturated heterocycles. The van der Waals surface area contributed by atoms with Crippen LogP contribution in [0.25, 0.3) is 0 Å². The Morgan fingerprint density at radius 3 is 2.84 bits per heavy atom. The van der Waals surface area contributed by atoms with Crippen molar-refractivity contribution in [1.29, 1.82) is 0 Å². The summed E-state index contributed by atoms with van der Waals surface area (Å²) in [4.78, 5) is 20.1. The van der Waals surface area contributed by atoms with Crippen LogP contribution in [-0.4, -0.2) is 55.5 Å². The van der Waals surface area contributed by atoms with Gasteiger partial charge in [-0.15, -0.1) is 0 Å². The van der Waals surface area contributed by atoms with E-state index in [0.717, 1.165) is 19.5 Å². The molecule has 0 aromatic heterocycles. The monoisotopic (exact) mass is 433 g/mol. The molecule has 168 valence electrons.